The first-order valence-corrected chi connectivity index (χ1v) is 14.9. The number of benzene rings is 4. The largest absolute Gasteiger partial charge is 0.508 e. The van der Waals surface area contributed by atoms with Crippen LogP contribution < -0.4 is 0 Å². The van der Waals surface area contributed by atoms with Crippen molar-refractivity contribution < 1.29 is 28.8 Å². The first-order chi connectivity index (χ1) is 18.9. The van der Waals surface area contributed by atoms with Gasteiger partial charge in [-0.15, -0.1) is 0 Å². The van der Waals surface area contributed by atoms with Crippen molar-refractivity contribution in [2.24, 2.45) is 0 Å². The molecule has 4 N–H and O–H groups in total. The van der Waals surface area contributed by atoms with Crippen LogP contribution in [0.25, 0.3) is 22.3 Å². The van der Waals surface area contributed by atoms with Gasteiger partial charge in [-0.1, -0.05) is 53.7 Å². The molecular formula is C34H38O6S. The van der Waals surface area contributed by atoms with E-state index >= 15 is 0 Å². The van der Waals surface area contributed by atoms with Crippen molar-refractivity contribution >= 4 is 9.84 Å². The summed E-state index contributed by atoms with van der Waals surface area (Å²) in [7, 11) is -4.35. The van der Waals surface area contributed by atoms with E-state index in [9.17, 15) is 28.8 Å². The monoisotopic (exact) mass is 574 g/mol. The minimum atomic E-state index is -4.35. The maximum atomic E-state index is 14.6. The number of hydrogen-bond acceptors (Lipinski definition) is 6. The van der Waals surface area contributed by atoms with Crippen molar-refractivity contribution in [3.63, 3.8) is 0 Å². The molecule has 0 aliphatic rings. The Labute approximate surface area is 242 Å². The second-order valence-corrected chi connectivity index (χ2v) is 14.5. The molecule has 41 heavy (non-hydrogen) atoms. The van der Waals surface area contributed by atoms with E-state index in [0.29, 0.717) is 11.1 Å². The van der Waals surface area contributed by atoms with Crippen LogP contribution in [0.1, 0.15) is 63.8 Å². The van der Waals surface area contributed by atoms with Gasteiger partial charge in [0, 0.05) is 33.4 Å². The van der Waals surface area contributed by atoms with Crippen LogP contribution in [0.5, 0.6) is 23.0 Å². The Hall–Kier alpha value is -3.97. The van der Waals surface area contributed by atoms with Crippen LogP contribution in [0, 0.1) is 13.8 Å². The highest BCUT2D eigenvalue weighted by Crippen LogP contribution is 2.47. The molecule has 0 heterocycles. The van der Waals surface area contributed by atoms with Crippen LogP contribution in [0.15, 0.2) is 70.5 Å². The lowest BCUT2D eigenvalue weighted by atomic mass is 9.84. The van der Waals surface area contributed by atoms with Gasteiger partial charge in [0.15, 0.2) is 0 Å². The van der Waals surface area contributed by atoms with Gasteiger partial charge in [0.25, 0.3) is 0 Å². The van der Waals surface area contributed by atoms with Crippen LogP contribution in [0.2, 0.25) is 0 Å². The first kappa shape index (κ1) is 30.0. The van der Waals surface area contributed by atoms with E-state index in [4.69, 9.17) is 0 Å². The molecule has 0 amide bonds. The highest BCUT2D eigenvalue weighted by Gasteiger charge is 2.31. The SMILES string of the molecule is Cc1c(O)ccc(S(=O)(=O)c2ccc(O)c(C)c2-c2cc(C(C)(C)C)ccc2O)c1-c1cc(C(C)(C)C)ccc1O. The zero-order valence-corrected chi connectivity index (χ0v) is 25.6. The summed E-state index contributed by atoms with van der Waals surface area (Å²) in [4.78, 5) is -0.237. The van der Waals surface area contributed by atoms with Gasteiger partial charge < -0.3 is 20.4 Å². The van der Waals surface area contributed by atoms with Gasteiger partial charge in [0.2, 0.25) is 9.84 Å². The summed E-state index contributed by atoms with van der Waals surface area (Å²) in [6.07, 6.45) is 0. The first-order valence-electron chi connectivity index (χ1n) is 13.4. The normalized spacial score (nSPS) is 12.5. The Morgan fingerprint density at radius 2 is 0.829 bits per heavy atom. The minimum Gasteiger partial charge on any atom is -0.508 e. The van der Waals surface area contributed by atoms with E-state index in [-0.39, 0.29) is 65.9 Å². The zero-order valence-electron chi connectivity index (χ0n) is 24.8. The van der Waals surface area contributed by atoms with Crippen molar-refractivity contribution in [3.05, 3.63) is 82.9 Å². The average Bonchev–Trinajstić information content (AvgIpc) is 2.86. The van der Waals surface area contributed by atoms with Crippen LogP contribution in [-0.4, -0.2) is 28.8 Å². The van der Waals surface area contributed by atoms with Gasteiger partial charge in [0.1, 0.15) is 23.0 Å². The standard InChI is InChI=1S/C34H38O6S/c1-19-25(35)13-15-29(31(19)23-17-21(33(3,4)5)9-11-27(23)37)41(39,40)30-16-14-26(36)20(2)32(30)24-18-22(34(6,7)8)10-12-28(24)38/h9-18,35-38H,1-8H3. The van der Waals surface area contributed by atoms with E-state index in [1.54, 1.807) is 38.1 Å². The fourth-order valence-corrected chi connectivity index (χ4v) is 6.79. The van der Waals surface area contributed by atoms with E-state index in [2.05, 4.69) is 0 Å². The van der Waals surface area contributed by atoms with Crippen LogP contribution in [0.4, 0.5) is 0 Å². The van der Waals surface area contributed by atoms with Gasteiger partial charge in [-0.05, 0) is 84.3 Å². The molecule has 4 rings (SSSR count). The summed E-state index contributed by atoms with van der Waals surface area (Å²) in [5, 5.41) is 43.2. The lowest BCUT2D eigenvalue weighted by Crippen LogP contribution is -2.12. The fraction of sp³-hybridized carbons (Fsp3) is 0.294. The van der Waals surface area contributed by atoms with Crippen molar-refractivity contribution in [1.29, 1.82) is 0 Å². The summed E-state index contributed by atoms with van der Waals surface area (Å²) in [6.45, 7) is 15.3. The summed E-state index contributed by atoms with van der Waals surface area (Å²) < 4.78 is 29.2. The molecule has 0 saturated heterocycles. The van der Waals surface area contributed by atoms with Gasteiger partial charge in [-0.25, -0.2) is 8.42 Å². The number of rotatable bonds is 4. The highest BCUT2D eigenvalue weighted by atomic mass is 32.2. The van der Waals surface area contributed by atoms with Crippen molar-refractivity contribution in [3.8, 4) is 45.3 Å². The third kappa shape index (κ3) is 5.38. The number of aromatic hydroxyl groups is 4. The molecule has 216 valence electrons. The van der Waals surface area contributed by atoms with Crippen molar-refractivity contribution in [2.75, 3.05) is 0 Å². The predicted octanol–water partition coefficient (Wildman–Crippen LogP) is 7.89. The minimum absolute atomic E-state index is 0.114. The molecule has 0 bridgehead atoms. The molecule has 0 atom stereocenters. The quantitative estimate of drug-likeness (QED) is 0.197. The molecular weight excluding hydrogens is 536 g/mol. The smallest absolute Gasteiger partial charge is 0.207 e. The van der Waals surface area contributed by atoms with E-state index in [0.717, 1.165) is 11.1 Å². The van der Waals surface area contributed by atoms with Gasteiger partial charge in [0.05, 0.1) is 9.79 Å². The van der Waals surface area contributed by atoms with Crippen LogP contribution in [-0.2, 0) is 20.7 Å². The third-order valence-corrected chi connectivity index (χ3v) is 9.48. The van der Waals surface area contributed by atoms with Crippen molar-refractivity contribution in [1.82, 2.24) is 0 Å². The zero-order chi connectivity index (χ0) is 30.7. The molecule has 6 nitrogen and oxygen atoms in total. The Balaban J connectivity index is 2.10. The van der Waals surface area contributed by atoms with E-state index in [1.165, 1.54) is 36.4 Å². The number of hydrogen-bond donors (Lipinski definition) is 4. The molecule has 0 aliphatic carbocycles. The highest BCUT2D eigenvalue weighted by molar-refractivity contribution is 7.91. The maximum absolute atomic E-state index is 14.6. The number of phenolic OH excluding ortho intramolecular Hbond substituents is 4. The molecule has 0 spiro atoms. The molecule has 4 aromatic carbocycles. The third-order valence-electron chi connectivity index (χ3n) is 7.64. The number of phenols is 4. The summed E-state index contributed by atoms with van der Waals surface area (Å²) in [6, 6.07) is 15.4. The summed E-state index contributed by atoms with van der Waals surface area (Å²) >= 11 is 0. The molecule has 0 unspecified atom stereocenters. The Morgan fingerprint density at radius 1 is 0.512 bits per heavy atom. The molecule has 0 saturated carbocycles. The van der Waals surface area contributed by atoms with Crippen LogP contribution >= 0.6 is 0 Å². The average molecular weight is 575 g/mol. The van der Waals surface area contributed by atoms with Crippen LogP contribution in [0.3, 0.4) is 0 Å². The maximum Gasteiger partial charge on any atom is 0.207 e. The van der Waals surface area contributed by atoms with Crippen molar-refractivity contribution in [2.45, 2.75) is 76.0 Å². The van der Waals surface area contributed by atoms with Gasteiger partial charge in [-0.2, -0.15) is 0 Å². The van der Waals surface area contributed by atoms with Gasteiger partial charge >= 0.3 is 0 Å². The Kier molecular flexibility index (Phi) is 7.42. The molecule has 0 aliphatic heterocycles. The Morgan fingerprint density at radius 3 is 1.15 bits per heavy atom. The summed E-state index contributed by atoms with van der Waals surface area (Å²) in [5.74, 6) is -0.476. The molecule has 0 aromatic heterocycles. The molecule has 0 radical (unpaired) electrons. The molecule has 7 heteroatoms. The Bertz CT molecular complexity index is 1650. The predicted molar refractivity (Wildman–Crippen MR) is 163 cm³/mol. The molecule has 0 fully saturated rings. The van der Waals surface area contributed by atoms with E-state index < -0.39 is 9.84 Å². The lowest BCUT2D eigenvalue weighted by molar-refractivity contribution is 0.469. The number of sulfone groups is 1. The van der Waals surface area contributed by atoms with Gasteiger partial charge in [-0.3, -0.25) is 0 Å². The second kappa shape index (κ2) is 10.1. The molecule has 4 aromatic rings. The lowest BCUT2D eigenvalue weighted by Gasteiger charge is -2.23. The summed E-state index contributed by atoms with van der Waals surface area (Å²) in [5.41, 5.74) is 2.67. The topological polar surface area (TPSA) is 115 Å². The second-order valence-electron chi connectivity index (χ2n) is 12.6. The van der Waals surface area contributed by atoms with E-state index in [1.807, 2.05) is 41.5 Å². The fourth-order valence-electron chi connectivity index (χ4n) is 4.99.